The van der Waals surface area contributed by atoms with Crippen molar-refractivity contribution in [2.75, 3.05) is 5.75 Å². The fourth-order valence-corrected chi connectivity index (χ4v) is 6.72. The monoisotopic (exact) mass is 531 g/mol. The Morgan fingerprint density at radius 1 is 0.919 bits per heavy atom. The van der Waals surface area contributed by atoms with Crippen LogP contribution in [0.1, 0.15) is 106 Å². The van der Waals surface area contributed by atoms with Crippen LogP contribution in [0.5, 0.6) is 0 Å². The number of rotatable bonds is 16. The highest BCUT2D eigenvalue weighted by molar-refractivity contribution is 7.98. The molecule has 0 aliphatic rings. The van der Waals surface area contributed by atoms with Crippen LogP contribution in [0, 0.1) is 21.7 Å². The summed E-state index contributed by atoms with van der Waals surface area (Å²) in [5, 5.41) is 12.7. The first-order chi connectivity index (χ1) is 17.0. The zero-order valence-corrected chi connectivity index (χ0v) is 25.8. The molecule has 4 nitrogen and oxygen atoms in total. The molecule has 0 heterocycles. The van der Waals surface area contributed by atoms with Crippen LogP contribution in [-0.4, -0.2) is 28.8 Å². The van der Waals surface area contributed by atoms with Crippen molar-refractivity contribution in [1.29, 1.82) is 0 Å². The van der Waals surface area contributed by atoms with E-state index in [1.807, 2.05) is 37.3 Å². The van der Waals surface area contributed by atoms with Gasteiger partial charge in [0.2, 0.25) is 5.91 Å². The van der Waals surface area contributed by atoms with Crippen molar-refractivity contribution >= 4 is 23.6 Å². The maximum absolute atomic E-state index is 13.6. The van der Waals surface area contributed by atoms with E-state index in [0.29, 0.717) is 18.6 Å². The third kappa shape index (κ3) is 12.6. The van der Waals surface area contributed by atoms with E-state index < -0.39 is 17.4 Å². The van der Waals surface area contributed by atoms with Crippen molar-refractivity contribution in [3.05, 3.63) is 48.0 Å². The molecule has 0 saturated heterocycles. The van der Waals surface area contributed by atoms with Gasteiger partial charge in [-0.2, -0.15) is 11.8 Å². The first-order valence-corrected chi connectivity index (χ1v) is 15.1. The minimum absolute atomic E-state index is 0.109. The van der Waals surface area contributed by atoms with Crippen molar-refractivity contribution in [3.8, 4) is 0 Å². The number of amides is 1. The van der Waals surface area contributed by atoms with Crippen LogP contribution in [0.25, 0.3) is 0 Å². The molecule has 0 spiro atoms. The van der Waals surface area contributed by atoms with Gasteiger partial charge in [-0.05, 0) is 47.5 Å². The lowest BCUT2D eigenvalue weighted by Crippen LogP contribution is -2.49. The molecule has 0 fully saturated rings. The van der Waals surface area contributed by atoms with Gasteiger partial charge in [-0.25, -0.2) is 4.79 Å². The predicted octanol–water partition coefficient (Wildman–Crippen LogP) is 8.51. The topological polar surface area (TPSA) is 66.4 Å². The smallest absolute Gasteiger partial charge is 0.327 e. The number of benzene rings is 1. The first kappa shape index (κ1) is 33.3. The molecule has 0 bridgehead atoms. The lowest BCUT2D eigenvalue weighted by Gasteiger charge is -2.37. The number of aliphatic carboxylic acids is 1. The summed E-state index contributed by atoms with van der Waals surface area (Å²) in [5.74, 6) is -0.0850. The zero-order valence-electron chi connectivity index (χ0n) is 24.9. The second kappa shape index (κ2) is 14.4. The number of hydrogen-bond acceptors (Lipinski definition) is 3. The van der Waals surface area contributed by atoms with Crippen LogP contribution in [-0.2, 0) is 15.3 Å². The highest BCUT2D eigenvalue weighted by atomic mass is 32.2. The quantitative estimate of drug-likeness (QED) is 0.210. The molecule has 1 aromatic carbocycles. The molecular formula is C32H53NO3S. The van der Waals surface area contributed by atoms with Gasteiger partial charge in [0.15, 0.2) is 0 Å². The van der Waals surface area contributed by atoms with Gasteiger partial charge in [-0.1, -0.05) is 118 Å². The SMILES string of the molecule is CCCC(C)(C=CC(C)(C)CC(C)(CCC)C(=O)NC(CSCc1ccccc1)C(=O)O)CC(C)(C)C. The summed E-state index contributed by atoms with van der Waals surface area (Å²) >= 11 is 1.53. The third-order valence-corrected chi connectivity index (χ3v) is 7.99. The van der Waals surface area contributed by atoms with Crippen LogP contribution in [0.4, 0.5) is 0 Å². The largest absolute Gasteiger partial charge is 0.480 e. The Morgan fingerprint density at radius 3 is 2.03 bits per heavy atom. The summed E-state index contributed by atoms with van der Waals surface area (Å²) in [5.41, 5.74) is 0.645. The molecule has 3 unspecified atom stereocenters. The Hall–Kier alpha value is -1.75. The molecule has 3 atom stereocenters. The summed E-state index contributed by atoms with van der Waals surface area (Å²) in [6.07, 6.45) is 10.3. The lowest BCUT2D eigenvalue weighted by atomic mass is 9.68. The highest BCUT2D eigenvalue weighted by Crippen LogP contribution is 2.42. The maximum atomic E-state index is 13.6. The van der Waals surface area contributed by atoms with E-state index in [2.05, 4.69) is 72.9 Å². The standard InChI is InChI=1S/C32H53NO3S/c1-10-17-31(8,23-29(3,4)5)20-19-30(6,7)24-32(9,18-11-2)28(36)33-26(27(34)35)22-37-21-25-15-13-12-14-16-25/h12-16,19-20,26H,10-11,17-18,21-24H2,1-9H3,(H,33,36)(H,34,35). The van der Waals surface area contributed by atoms with E-state index in [-0.39, 0.29) is 22.2 Å². The van der Waals surface area contributed by atoms with Gasteiger partial charge >= 0.3 is 5.97 Å². The number of carbonyl (C=O) groups excluding carboxylic acids is 1. The molecule has 210 valence electrons. The number of carbonyl (C=O) groups is 2. The van der Waals surface area contributed by atoms with Gasteiger partial charge in [0.05, 0.1) is 0 Å². The van der Waals surface area contributed by atoms with Crippen molar-refractivity contribution < 1.29 is 14.7 Å². The number of hydrogen-bond donors (Lipinski definition) is 2. The fourth-order valence-electron chi connectivity index (χ4n) is 5.71. The minimum Gasteiger partial charge on any atom is -0.480 e. The van der Waals surface area contributed by atoms with Gasteiger partial charge in [0.25, 0.3) is 0 Å². The number of carboxylic acid groups (broad SMARTS) is 1. The number of thioether (sulfide) groups is 1. The van der Waals surface area contributed by atoms with Crippen molar-refractivity contribution in [3.63, 3.8) is 0 Å². The summed E-state index contributed by atoms with van der Waals surface area (Å²) < 4.78 is 0. The molecule has 1 rings (SSSR count). The normalized spacial score (nSPS) is 16.7. The summed E-state index contributed by atoms with van der Waals surface area (Å²) in [6.45, 7) is 19.9. The molecule has 0 saturated carbocycles. The molecule has 0 aliphatic heterocycles. The molecule has 5 heteroatoms. The second-order valence-electron chi connectivity index (χ2n) is 13.3. The second-order valence-corrected chi connectivity index (χ2v) is 14.3. The Bertz CT molecular complexity index is 874. The predicted molar refractivity (Wildman–Crippen MR) is 160 cm³/mol. The van der Waals surface area contributed by atoms with Crippen LogP contribution >= 0.6 is 11.8 Å². The Labute approximate surface area is 231 Å². The van der Waals surface area contributed by atoms with Crippen molar-refractivity contribution in [1.82, 2.24) is 5.32 Å². The fraction of sp³-hybridized carbons (Fsp3) is 0.688. The van der Waals surface area contributed by atoms with E-state index in [4.69, 9.17) is 0 Å². The van der Waals surface area contributed by atoms with Gasteiger partial charge < -0.3 is 10.4 Å². The van der Waals surface area contributed by atoms with E-state index in [9.17, 15) is 14.7 Å². The van der Waals surface area contributed by atoms with Gasteiger partial charge in [-0.15, -0.1) is 0 Å². The van der Waals surface area contributed by atoms with E-state index in [1.54, 1.807) is 0 Å². The van der Waals surface area contributed by atoms with Gasteiger partial charge in [0.1, 0.15) is 6.04 Å². The van der Waals surface area contributed by atoms with Crippen LogP contribution in [0.3, 0.4) is 0 Å². The molecule has 0 radical (unpaired) electrons. The molecular weight excluding hydrogens is 478 g/mol. The molecule has 37 heavy (non-hydrogen) atoms. The summed E-state index contributed by atoms with van der Waals surface area (Å²) in [4.78, 5) is 25.6. The lowest BCUT2D eigenvalue weighted by molar-refractivity contribution is -0.143. The molecule has 0 aromatic heterocycles. The van der Waals surface area contributed by atoms with E-state index >= 15 is 0 Å². The third-order valence-electron chi connectivity index (χ3n) is 6.89. The minimum atomic E-state index is -0.982. The number of carboxylic acids is 1. The summed E-state index contributed by atoms with van der Waals surface area (Å²) in [7, 11) is 0. The van der Waals surface area contributed by atoms with Crippen molar-refractivity contribution in [2.24, 2.45) is 21.7 Å². The Balaban J connectivity index is 2.98. The number of allylic oxidation sites excluding steroid dienone is 2. The maximum Gasteiger partial charge on any atom is 0.327 e. The van der Waals surface area contributed by atoms with Gasteiger partial charge in [-0.3, -0.25) is 4.79 Å². The molecule has 1 aromatic rings. The first-order valence-electron chi connectivity index (χ1n) is 13.9. The van der Waals surface area contributed by atoms with E-state index in [1.165, 1.54) is 11.8 Å². The van der Waals surface area contributed by atoms with E-state index in [0.717, 1.165) is 37.0 Å². The van der Waals surface area contributed by atoms with Gasteiger partial charge in [0, 0.05) is 16.9 Å². The zero-order chi connectivity index (χ0) is 28.3. The highest BCUT2D eigenvalue weighted by Gasteiger charge is 2.39. The Kier molecular flexibility index (Phi) is 13.0. The van der Waals surface area contributed by atoms with Crippen LogP contribution in [0.15, 0.2) is 42.5 Å². The molecule has 0 aliphatic carbocycles. The Morgan fingerprint density at radius 2 is 1.51 bits per heavy atom. The molecule has 2 N–H and O–H groups in total. The molecule has 1 amide bonds. The average Bonchev–Trinajstić information content (AvgIpc) is 2.76. The number of nitrogens with one attached hydrogen (secondary N) is 1. The van der Waals surface area contributed by atoms with Crippen LogP contribution in [0.2, 0.25) is 0 Å². The average molecular weight is 532 g/mol. The summed E-state index contributed by atoms with van der Waals surface area (Å²) in [6, 6.07) is 9.08. The van der Waals surface area contributed by atoms with Crippen LogP contribution < -0.4 is 5.32 Å². The van der Waals surface area contributed by atoms with Crippen molar-refractivity contribution in [2.45, 2.75) is 113 Å².